The van der Waals surface area contributed by atoms with Crippen molar-refractivity contribution in [3.05, 3.63) is 94.6 Å². The summed E-state index contributed by atoms with van der Waals surface area (Å²) in [5, 5.41) is 0. The maximum absolute atomic E-state index is 4.93. The number of hydrogen-bond acceptors (Lipinski definition) is 0. The zero-order valence-electron chi connectivity index (χ0n) is 32.3. The molecule has 0 amide bonds. The van der Waals surface area contributed by atoms with E-state index in [4.69, 9.17) is 17.0 Å². The van der Waals surface area contributed by atoms with Crippen molar-refractivity contribution in [2.24, 2.45) is 29.6 Å². The van der Waals surface area contributed by atoms with E-state index in [1.165, 1.54) is 69.7 Å². The zero-order chi connectivity index (χ0) is 36.0. The van der Waals surface area contributed by atoms with E-state index in [-0.39, 0.29) is 14.9 Å². The number of halogens is 6. The second-order valence-electron chi connectivity index (χ2n) is 17.3. The van der Waals surface area contributed by atoms with Crippen LogP contribution in [0.5, 0.6) is 0 Å². The summed E-state index contributed by atoms with van der Waals surface area (Å²) in [5.41, 5.74) is 9.07. The molecule has 11 atom stereocenters. The summed E-state index contributed by atoms with van der Waals surface area (Å²) >= 11 is 14.7. The third kappa shape index (κ3) is 9.14. The van der Waals surface area contributed by atoms with Gasteiger partial charge < -0.3 is 14.9 Å². The van der Waals surface area contributed by atoms with Crippen molar-refractivity contribution in [3.63, 3.8) is 0 Å². The molecular formula is C43H60Br4Cl2Si2Zr. The number of allylic oxidation sites excluding steroid dienone is 2. The minimum absolute atomic E-state index is 0. The molecule has 4 fully saturated rings. The Morgan fingerprint density at radius 1 is 0.635 bits per heavy atom. The van der Waals surface area contributed by atoms with Crippen molar-refractivity contribution >= 4 is 109 Å². The van der Waals surface area contributed by atoms with Crippen LogP contribution in [0.15, 0.2) is 57.5 Å². The predicted octanol–water partition coefficient (Wildman–Crippen LogP) is 16.8. The fraction of sp³-hybridized carbons (Fsp3) is 0.581. The van der Waals surface area contributed by atoms with Crippen molar-refractivity contribution in [2.75, 3.05) is 0 Å². The van der Waals surface area contributed by atoms with Crippen LogP contribution in [-0.4, -0.2) is 25.8 Å². The summed E-state index contributed by atoms with van der Waals surface area (Å²) in [7, 11) is 7.05. The Kier molecular flexibility index (Phi) is 17.6. The summed E-state index contributed by atoms with van der Waals surface area (Å²) < 4.78 is 2.42. The molecule has 286 valence electrons. The molecule has 0 spiro atoms. The Balaban J connectivity index is 0.000000209. The van der Waals surface area contributed by atoms with Gasteiger partial charge >= 0.3 is 37.9 Å². The average Bonchev–Trinajstić information content (AvgIpc) is 3.86. The van der Waals surface area contributed by atoms with Crippen LogP contribution in [0.4, 0.5) is 0 Å². The van der Waals surface area contributed by atoms with Crippen LogP contribution < -0.4 is 0 Å². The van der Waals surface area contributed by atoms with Gasteiger partial charge in [-0.1, -0.05) is 178 Å². The summed E-state index contributed by atoms with van der Waals surface area (Å²) in [4.78, 5) is 1.66. The molecule has 0 nitrogen and oxygen atoms in total. The third-order valence-electron chi connectivity index (χ3n) is 14.3. The first kappa shape index (κ1) is 46.4. The van der Waals surface area contributed by atoms with Gasteiger partial charge in [0, 0.05) is 18.6 Å². The van der Waals surface area contributed by atoms with Crippen LogP contribution >= 0.6 is 80.7 Å². The van der Waals surface area contributed by atoms with Gasteiger partial charge in [0.15, 0.2) is 0 Å². The molecule has 0 N–H and O–H groups in total. The fourth-order valence-corrected chi connectivity index (χ4v) is 24.9. The van der Waals surface area contributed by atoms with Gasteiger partial charge in [0.2, 0.25) is 0 Å². The summed E-state index contributed by atoms with van der Waals surface area (Å²) in [6, 6.07) is 13.2. The fourth-order valence-electron chi connectivity index (χ4n) is 12.3. The Labute approximate surface area is 372 Å². The molecule has 0 bridgehead atoms. The molecule has 0 heterocycles. The van der Waals surface area contributed by atoms with Crippen LogP contribution in [-0.2, 0) is 20.8 Å². The first-order valence-electron chi connectivity index (χ1n) is 19.0. The molecule has 2 aromatic rings. The summed E-state index contributed by atoms with van der Waals surface area (Å²) in [5.74, 6) is 5.13. The first-order valence-corrected chi connectivity index (χ1v) is 35.1. The molecule has 0 radical (unpaired) electrons. The van der Waals surface area contributed by atoms with Gasteiger partial charge in [0.1, 0.15) is 0 Å². The number of rotatable bonds is 4. The zero-order valence-corrected chi connectivity index (χ0v) is 44.6. The second kappa shape index (κ2) is 19.7. The molecule has 4 saturated carbocycles. The van der Waals surface area contributed by atoms with E-state index in [9.17, 15) is 0 Å². The van der Waals surface area contributed by atoms with Crippen LogP contribution in [0.2, 0.25) is 37.3 Å². The monoisotopic (exact) mass is 1110 g/mol. The van der Waals surface area contributed by atoms with Gasteiger partial charge in [-0.05, 0) is 112 Å². The van der Waals surface area contributed by atoms with Crippen molar-refractivity contribution < 1.29 is 20.8 Å². The van der Waals surface area contributed by atoms with Gasteiger partial charge in [-0.15, -0.1) is 0 Å². The number of hydrogen-bond donors (Lipinski definition) is 0. The Hall–Kier alpha value is 1.74. The van der Waals surface area contributed by atoms with Gasteiger partial charge in [0.25, 0.3) is 0 Å². The topological polar surface area (TPSA) is 0 Å². The molecule has 0 aromatic heterocycles. The van der Waals surface area contributed by atoms with E-state index in [1.54, 1.807) is 19.3 Å². The molecule has 6 aliphatic carbocycles. The van der Waals surface area contributed by atoms with E-state index in [2.05, 4.69) is 158 Å². The molecule has 2 aromatic carbocycles. The molecule has 0 aliphatic heterocycles. The molecule has 9 heteroatoms. The van der Waals surface area contributed by atoms with Gasteiger partial charge in [-0.3, -0.25) is 0 Å². The molecule has 0 saturated heterocycles. The van der Waals surface area contributed by atoms with E-state index < -0.39 is 37.0 Å². The van der Waals surface area contributed by atoms with Crippen LogP contribution in [0.1, 0.15) is 98.0 Å². The van der Waals surface area contributed by atoms with Crippen LogP contribution in [0.3, 0.4) is 0 Å². The Morgan fingerprint density at radius 3 is 1.63 bits per heavy atom. The van der Waals surface area contributed by atoms with Gasteiger partial charge in [-0.2, -0.15) is 0 Å². The van der Waals surface area contributed by atoms with E-state index in [0.29, 0.717) is 11.1 Å². The Bertz CT molecular complexity index is 1500. The second-order valence-corrected chi connectivity index (χ2v) is 35.1. The standard InChI is InChI=1S/C21H36Br2Si.C20H18Br2Si.2CH3.2ClH.Zr/c1-13-12-17-16(7-5-9-19(17)23)21(13)24(2,3)20-11-10-14-15(20)6-4-8-18(14)22;1-23(2,19-11-9-13-15(19)5-3-7-17(13)21)20-12-10-14-16(20)6-4-8-18(14)22;;;;;/h13-21H,4-12H2,1-3H3;3-12,19-20H,1-2H3;2*1H3;2*1H;/q;;2*-1;;;+4/p-2. The minimum atomic E-state index is -1.60. The van der Waals surface area contributed by atoms with E-state index in [0.717, 1.165) is 50.3 Å². The normalized spacial score (nSPS) is 33.8. The molecule has 8 rings (SSSR count). The van der Waals surface area contributed by atoms with Crippen molar-refractivity contribution in [3.8, 4) is 0 Å². The number of benzene rings is 2. The summed E-state index contributed by atoms with van der Waals surface area (Å²) in [6.07, 6.45) is 23.0. The van der Waals surface area contributed by atoms with Crippen molar-refractivity contribution in [1.82, 2.24) is 0 Å². The third-order valence-corrected chi connectivity index (χ3v) is 27.5. The van der Waals surface area contributed by atoms with Gasteiger partial charge in [0.05, 0.1) is 16.1 Å². The van der Waals surface area contributed by atoms with Crippen LogP contribution in [0, 0.1) is 44.4 Å². The van der Waals surface area contributed by atoms with E-state index >= 15 is 0 Å². The number of fused-ring (bicyclic) bond motifs is 4. The van der Waals surface area contributed by atoms with Crippen LogP contribution in [0.25, 0.3) is 12.2 Å². The molecule has 52 heavy (non-hydrogen) atoms. The predicted molar refractivity (Wildman–Crippen MR) is 249 cm³/mol. The molecular weight excluding hydrogens is 1050 g/mol. The Morgan fingerprint density at radius 2 is 1.12 bits per heavy atom. The molecule has 11 unspecified atom stereocenters. The summed E-state index contributed by atoms with van der Waals surface area (Å²) in [6.45, 7) is 13.3. The molecule has 6 aliphatic rings. The van der Waals surface area contributed by atoms with Crippen molar-refractivity contribution in [1.29, 1.82) is 0 Å². The van der Waals surface area contributed by atoms with Gasteiger partial charge in [-0.25, -0.2) is 0 Å². The number of alkyl halides is 2. The van der Waals surface area contributed by atoms with Crippen molar-refractivity contribution in [2.45, 2.75) is 123 Å². The SMILES string of the molecule is CC1CC2C(Br)CCCC2C1[Si](C)(C)C1CCC2C(Br)CCCC21.C[Si](C)(C1C=Cc2c(Br)cccc21)C1C=Cc2c(Br)cccc21.[CH3-].[CH3-].[Cl][Zr+2][Cl]. The quantitative estimate of drug-likeness (QED) is 0.163. The maximum atomic E-state index is 4.93. The van der Waals surface area contributed by atoms with E-state index in [1.807, 2.05) is 0 Å². The first-order chi connectivity index (χ1) is 23.8. The average molecular weight is 1110 g/mol.